The molecule has 1 aromatic carbocycles. The van der Waals surface area contributed by atoms with E-state index in [2.05, 4.69) is 4.90 Å². The SMILES string of the molecule is CN1CCN(C(=O)O)C(Cc2cccc([N+](=O)[O-])c2)C1. The lowest BCUT2D eigenvalue weighted by Crippen LogP contribution is -2.54. The smallest absolute Gasteiger partial charge is 0.407 e. The number of amides is 1. The molecule has 2 rings (SSSR count). The first-order valence-corrected chi connectivity index (χ1v) is 6.39. The molecule has 20 heavy (non-hydrogen) atoms. The van der Waals surface area contributed by atoms with E-state index in [1.807, 2.05) is 7.05 Å². The average molecular weight is 279 g/mol. The van der Waals surface area contributed by atoms with E-state index in [0.29, 0.717) is 26.1 Å². The summed E-state index contributed by atoms with van der Waals surface area (Å²) in [5.74, 6) is 0. The van der Waals surface area contributed by atoms with Gasteiger partial charge in [-0.1, -0.05) is 12.1 Å². The van der Waals surface area contributed by atoms with Crippen LogP contribution >= 0.6 is 0 Å². The van der Waals surface area contributed by atoms with E-state index in [4.69, 9.17) is 0 Å². The maximum absolute atomic E-state index is 11.2. The van der Waals surface area contributed by atoms with Crippen molar-refractivity contribution in [1.82, 2.24) is 9.80 Å². The Morgan fingerprint density at radius 2 is 2.25 bits per heavy atom. The van der Waals surface area contributed by atoms with Gasteiger partial charge in [-0.25, -0.2) is 4.79 Å². The lowest BCUT2D eigenvalue weighted by atomic mass is 10.0. The third kappa shape index (κ3) is 3.24. The van der Waals surface area contributed by atoms with Crippen molar-refractivity contribution in [2.75, 3.05) is 26.7 Å². The maximum atomic E-state index is 11.2. The summed E-state index contributed by atoms with van der Waals surface area (Å²) in [6.45, 7) is 1.80. The Balaban J connectivity index is 2.15. The highest BCUT2D eigenvalue weighted by atomic mass is 16.6. The number of non-ortho nitro benzene ring substituents is 1. The molecule has 0 radical (unpaired) electrons. The summed E-state index contributed by atoms with van der Waals surface area (Å²) in [5.41, 5.74) is 0.819. The Morgan fingerprint density at radius 3 is 2.90 bits per heavy atom. The first-order chi connectivity index (χ1) is 9.47. The molecule has 1 amide bonds. The molecule has 0 aliphatic carbocycles. The van der Waals surface area contributed by atoms with Crippen molar-refractivity contribution >= 4 is 11.8 Å². The van der Waals surface area contributed by atoms with Crippen molar-refractivity contribution in [3.63, 3.8) is 0 Å². The first kappa shape index (κ1) is 14.3. The van der Waals surface area contributed by atoms with Crippen LogP contribution in [0.15, 0.2) is 24.3 Å². The number of benzene rings is 1. The molecule has 108 valence electrons. The molecule has 1 heterocycles. The Kier molecular flexibility index (Phi) is 4.19. The molecule has 1 N–H and O–H groups in total. The highest BCUT2D eigenvalue weighted by Crippen LogP contribution is 2.18. The molecule has 1 aromatic rings. The second kappa shape index (κ2) is 5.87. The highest BCUT2D eigenvalue weighted by Gasteiger charge is 2.29. The van der Waals surface area contributed by atoms with Gasteiger partial charge in [0, 0.05) is 31.8 Å². The fourth-order valence-electron chi connectivity index (χ4n) is 2.51. The summed E-state index contributed by atoms with van der Waals surface area (Å²) in [6.07, 6.45) is -0.452. The summed E-state index contributed by atoms with van der Waals surface area (Å²) in [4.78, 5) is 25.0. The second-order valence-corrected chi connectivity index (χ2v) is 5.02. The molecule has 0 spiro atoms. The van der Waals surface area contributed by atoms with E-state index in [1.54, 1.807) is 12.1 Å². The van der Waals surface area contributed by atoms with Gasteiger partial charge in [0.1, 0.15) is 0 Å². The Morgan fingerprint density at radius 1 is 1.50 bits per heavy atom. The van der Waals surface area contributed by atoms with E-state index < -0.39 is 11.0 Å². The van der Waals surface area contributed by atoms with Gasteiger partial charge in [0.2, 0.25) is 0 Å². The number of hydrogen-bond acceptors (Lipinski definition) is 4. The van der Waals surface area contributed by atoms with Crippen molar-refractivity contribution in [2.45, 2.75) is 12.5 Å². The first-order valence-electron chi connectivity index (χ1n) is 6.39. The molecule has 1 unspecified atom stereocenters. The van der Waals surface area contributed by atoms with Gasteiger partial charge in [-0.2, -0.15) is 0 Å². The fraction of sp³-hybridized carbons (Fsp3) is 0.462. The van der Waals surface area contributed by atoms with E-state index in [-0.39, 0.29) is 11.7 Å². The van der Waals surface area contributed by atoms with Crippen LogP contribution < -0.4 is 0 Å². The molecular weight excluding hydrogens is 262 g/mol. The summed E-state index contributed by atoms with van der Waals surface area (Å²) in [6, 6.07) is 6.19. The van der Waals surface area contributed by atoms with Gasteiger partial charge >= 0.3 is 6.09 Å². The van der Waals surface area contributed by atoms with Gasteiger partial charge in [0.05, 0.1) is 11.0 Å². The lowest BCUT2D eigenvalue weighted by Gasteiger charge is -2.38. The summed E-state index contributed by atoms with van der Waals surface area (Å²) < 4.78 is 0. The lowest BCUT2D eigenvalue weighted by molar-refractivity contribution is -0.384. The van der Waals surface area contributed by atoms with Gasteiger partial charge in [-0.05, 0) is 19.0 Å². The van der Waals surface area contributed by atoms with Crippen molar-refractivity contribution < 1.29 is 14.8 Å². The van der Waals surface area contributed by atoms with Crippen LogP contribution in [-0.2, 0) is 6.42 Å². The van der Waals surface area contributed by atoms with Gasteiger partial charge < -0.3 is 14.9 Å². The summed E-state index contributed by atoms with van der Waals surface area (Å²) in [5, 5.41) is 20.0. The average Bonchev–Trinajstić information content (AvgIpc) is 2.38. The van der Waals surface area contributed by atoms with Crippen LogP contribution in [0.4, 0.5) is 10.5 Å². The summed E-state index contributed by atoms with van der Waals surface area (Å²) >= 11 is 0. The van der Waals surface area contributed by atoms with Crippen LogP contribution in [0, 0.1) is 10.1 Å². The van der Waals surface area contributed by atoms with Gasteiger partial charge in [0.25, 0.3) is 5.69 Å². The molecule has 1 aliphatic heterocycles. The minimum Gasteiger partial charge on any atom is -0.465 e. The van der Waals surface area contributed by atoms with Crippen molar-refractivity contribution in [3.05, 3.63) is 39.9 Å². The standard InChI is InChI=1S/C13H17N3O4/c1-14-5-6-15(13(17)18)12(9-14)8-10-3-2-4-11(7-10)16(19)20/h2-4,7,12H,5-6,8-9H2,1H3,(H,17,18). The minimum absolute atomic E-state index is 0.0357. The number of carbonyl (C=O) groups is 1. The zero-order valence-electron chi connectivity index (χ0n) is 11.2. The second-order valence-electron chi connectivity index (χ2n) is 5.02. The summed E-state index contributed by atoms with van der Waals surface area (Å²) in [7, 11) is 1.94. The van der Waals surface area contributed by atoms with E-state index >= 15 is 0 Å². The number of hydrogen-bond donors (Lipinski definition) is 1. The minimum atomic E-state index is -0.937. The van der Waals surface area contributed by atoms with Gasteiger partial charge in [0.15, 0.2) is 0 Å². The predicted octanol–water partition coefficient (Wildman–Crippen LogP) is 1.43. The van der Waals surface area contributed by atoms with Crippen LogP contribution in [0.1, 0.15) is 5.56 Å². The third-order valence-corrected chi connectivity index (χ3v) is 3.52. The highest BCUT2D eigenvalue weighted by molar-refractivity contribution is 5.65. The van der Waals surface area contributed by atoms with Gasteiger partial charge in [-0.3, -0.25) is 10.1 Å². The number of piperazine rings is 1. The van der Waals surface area contributed by atoms with Crippen LogP contribution in [0.2, 0.25) is 0 Å². The van der Waals surface area contributed by atoms with Crippen molar-refractivity contribution in [3.8, 4) is 0 Å². The number of nitro groups is 1. The van der Waals surface area contributed by atoms with Gasteiger partial charge in [-0.15, -0.1) is 0 Å². The molecule has 7 heteroatoms. The molecule has 0 aromatic heterocycles. The number of rotatable bonds is 3. The number of nitro benzene ring substituents is 1. The largest absolute Gasteiger partial charge is 0.465 e. The van der Waals surface area contributed by atoms with Crippen LogP contribution in [-0.4, -0.2) is 58.6 Å². The van der Waals surface area contributed by atoms with E-state index in [0.717, 1.165) is 5.56 Å². The van der Waals surface area contributed by atoms with E-state index in [9.17, 15) is 20.0 Å². The Labute approximate surface area is 116 Å². The molecule has 0 bridgehead atoms. The van der Waals surface area contributed by atoms with Crippen molar-refractivity contribution in [1.29, 1.82) is 0 Å². The fourth-order valence-corrected chi connectivity index (χ4v) is 2.51. The molecule has 1 saturated heterocycles. The normalized spacial score (nSPS) is 19.9. The zero-order chi connectivity index (χ0) is 14.7. The quantitative estimate of drug-likeness (QED) is 0.668. The predicted molar refractivity (Wildman–Crippen MR) is 72.8 cm³/mol. The zero-order valence-corrected chi connectivity index (χ0v) is 11.2. The number of nitrogens with zero attached hydrogens (tertiary/aromatic N) is 3. The Hall–Kier alpha value is -2.15. The number of carboxylic acid groups (broad SMARTS) is 1. The molecule has 1 fully saturated rings. The van der Waals surface area contributed by atoms with Crippen LogP contribution in [0.3, 0.4) is 0 Å². The Bertz CT molecular complexity index is 520. The molecule has 1 aliphatic rings. The van der Waals surface area contributed by atoms with Crippen LogP contribution in [0.5, 0.6) is 0 Å². The molecule has 7 nitrogen and oxygen atoms in total. The maximum Gasteiger partial charge on any atom is 0.407 e. The molecule has 1 atom stereocenters. The third-order valence-electron chi connectivity index (χ3n) is 3.52. The topological polar surface area (TPSA) is 86.9 Å². The monoisotopic (exact) mass is 279 g/mol. The number of likely N-dealkylation sites (N-methyl/N-ethyl adjacent to an activating group) is 1. The van der Waals surface area contributed by atoms with Crippen LogP contribution in [0.25, 0.3) is 0 Å². The molecular formula is C13H17N3O4. The van der Waals surface area contributed by atoms with Crippen molar-refractivity contribution in [2.24, 2.45) is 0 Å². The van der Waals surface area contributed by atoms with E-state index in [1.165, 1.54) is 17.0 Å². The molecule has 0 saturated carbocycles.